The molecule has 0 aliphatic carbocycles. The van der Waals surface area contributed by atoms with Gasteiger partial charge in [0.25, 0.3) is 0 Å². The lowest BCUT2D eigenvalue weighted by Gasteiger charge is -2.09. The zero-order chi connectivity index (χ0) is 12.7. The van der Waals surface area contributed by atoms with Gasteiger partial charge in [-0.1, -0.05) is 38.1 Å². The van der Waals surface area contributed by atoms with Crippen molar-refractivity contribution in [3.63, 3.8) is 0 Å². The Morgan fingerprint density at radius 1 is 1.29 bits per heavy atom. The lowest BCUT2D eigenvalue weighted by atomic mass is 10.1. The molecule has 0 saturated heterocycles. The highest BCUT2D eigenvalue weighted by atomic mass is 16.3. The van der Waals surface area contributed by atoms with Gasteiger partial charge in [-0.25, -0.2) is 0 Å². The van der Waals surface area contributed by atoms with E-state index >= 15 is 0 Å². The van der Waals surface area contributed by atoms with E-state index in [4.69, 9.17) is 5.11 Å². The summed E-state index contributed by atoms with van der Waals surface area (Å²) in [6, 6.07) is 8.43. The molecular weight excluding hydrogens is 214 g/mol. The second kappa shape index (κ2) is 7.07. The van der Waals surface area contributed by atoms with Gasteiger partial charge in [-0.2, -0.15) is 0 Å². The van der Waals surface area contributed by atoms with E-state index in [0.717, 1.165) is 12.8 Å². The van der Waals surface area contributed by atoms with Gasteiger partial charge in [0.1, 0.15) is 0 Å². The van der Waals surface area contributed by atoms with Crippen LogP contribution in [0.4, 0.5) is 0 Å². The summed E-state index contributed by atoms with van der Waals surface area (Å²) < 4.78 is 0. The minimum Gasteiger partial charge on any atom is -0.396 e. The number of hydrogen-bond donors (Lipinski definition) is 2. The van der Waals surface area contributed by atoms with Gasteiger partial charge in [0.2, 0.25) is 5.91 Å². The van der Waals surface area contributed by atoms with Crippen molar-refractivity contribution in [3.8, 4) is 0 Å². The van der Waals surface area contributed by atoms with Crippen LogP contribution in [0.15, 0.2) is 24.3 Å². The molecule has 0 aliphatic rings. The van der Waals surface area contributed by atoms with Gasteiger partial charge < -0.3 is 10.4 Å². The summed E-state index contributed by atoms with van der Waals surface area (Å²) in [5, 5.41) is 11.6. The summed E-state index contributed by atoms with van der Waals surface area (Å²) in [7, 11) is 0. The molecule has 0 radical (unpaired) electrons. The third-order valence-electron chi connectivity index (χ3n) is 2.87. The highest BCUT2D eigenvalue weighted by molar-refractivity contribution is 5.78. The summed E-state index contributed by atoms with van der Waals surface area (Å²) in [5.74, 6) is -0.407. The summed E-state index contributed by atoms with van der Waals surface area (Å²) >= 11 is 0. The van der Waals surface area contributed by atoms with Gasteiger partial charge in [-0.05, 0) is 24.0 Å². The maximum Gasteiger partial charge on any atom is 0.225 e. The zero-order valence-corrected chi connectivity index (χ0v) is 10.6. The highest BCUT2D eigenvalue weighted by Crippen LogP contribution is 2.05. The number of amides is 1. The Morgan fingerprint density at radius 3 is 2.41 bits per heavy atom. The van der Waals surface area contributed by atoms with E-state index in [-0.39, 0.29) is 18.4 Å². The number of aryl methyl sites for hydroxylation is 1. The van der Waals surface area contributed by atoms with Gasteiger partial charge in [0.15, 0.2) is 0 Å². The van der Waals surface area contributed by atoms with Crippen LogP contribution < -0.4 is 5.32 Å². The van der Waals surface area contributed by atoms with Crippen molar-refractivity contribution in [1.82, 2.24) is 5.32 Å². The number of nitrogens with one attached hydrogen (secondary N) is 1. The minimum absolute atomic E-state index is 0.0855. The van der Waals surface area contributed by atoms with Gasteiger partial charge in [0, 0.05) is 6.54 Å². The van der Waals surface area contributed by atoms with Crippen molar-refractivity contribution >= 4 is 5.91 Å². The molecule has 0 unspecified atom stereocenters. The van der Waals surface area contributed by atoms with E-state index in [9.17, 15) is 4.79 Å². The Morgan fingerprint density at radius 2 is 1.88 bits per heavy atom. The molecule has 1 aromatic rings. The lowest BCUT2D eigenvalue weighted by Crippen LogP contribution is -2.32. The normalized spacial score (nSPS) is 12.2. The molecule has 1 aromatic carbocycles. The van der Waals surface area contributed by atoms with Gasteiger partial charge in [0.05, 0.1) is 12.5 Å². The van der Waals surface area contributed by atoms with E-state index in [2.05, 4.69) is 36.5 Å². The molecule has 0 aromatic heterocycles. The molecular formula is C14H21NO2. The molecule has 0 saturated carbocycles. The molecule has 1 rings (SSSR count). The molecule has 0 spiro atoms. The molecule has 0 heterocycles. The van der Waals surface area contributed by atoms with Crippen LogP contribution >= 0.6 is 0 Å². The number of carbonyl (C=O) groups is 1. The van der Waals surface area contributed by atoms with Crippen LogP contribution in [-0.4, -0.2) is 24.2 Å². The monoisotopic (exact) mass is 235 g/mol. The fraction of sp³-hybridized carbons (Fsp3) is 0.500. The summed E-state index contributed by atoms with van der Waals surface area (Å²) in [5.41, 5.74) is 2.55. The third-order valence-corrected chi connectivity index (χ3v) is 2.87. The summed E-state index contributed by atoms with van der Waals surface area (Å²) in [6.07, 6.45) is 1.87. The molecule has 0 bridgehead atoms. The molecule has 94 valence electrons. The molecule has 0 fully saturated rings. The molecule has 2 N–H and O–H groups in total. The fourth-order valence-corrected chi connectivity index (χ4v) is 1.53. The second-order valence-electron chi connectivity index (χ2n) is 4.29. The quantitative estimate of drug-likeness (QED) is 0.785. The minimum atomic E-state index is -0.322. The summed E-state index contributed by atoms with van der Waals surface area (Å²) in [4.78, 5) is 11.4. The van der Waals surface area contributed by atoms with E-state index in [0.29, 0.717) is 6.54 Å². The average Bonchev–Trinajstić information content (AvgIpc) is 2.38. The van der Waals surface area contributed by atoms with Gasteiger partial charge in [-0.15, -0.1) is 0 Å². The topological polar surface area (TPSA) is 49.3 Å². The Balaban J connectivity index is 2.33. The zero-order valence-electron chi connectivity index (χ0n) is 10.6. The van der Waals surface area contributed by atoms with Gasteiger partial charge >= 0.3 is 0 Å². The first-order chi connectivity index (χ1) is 8.17. The smallest absolute Gasteiger partial charge is 0.225 e. The predicted octanol–water partition coefficient (Wildman–Crippen LogP) is 1.54. The fourth-order valence-electron chi connectivity index (χ4n) is 1.53. The van der Waals surface area contributed by atoms with Crippen LogP contribution in [0.2, 0.25) is 0 Å². The van der Waals surface area contributed by atoms with Crippen molar-refractivity contribution in [2.24, 2.45) is 5.92 Å². The maximum absolute atomic E-state index is 11.4. The Kier molecular flexibility index (Phi) is 5.70. The maximum atomic E-state index is 11.4. The van der Waals surface area contributed by atoms with E-state index in [1.165, 1.54) is 11.1 Å². The largest absolute Gasteiger partial charge is 0.396 e. The lowest BCUT2D eigenvalue weighted by molar-refractivity contribution is -0.125. The van der Waals surface area contributed by atoms with Crippen LogP contribution in [0.1, 0.15) is 25.0 Å². The Bertz CT molecular complexity index is 346. The van der Waals surface area contributed by atoms with E-state index < -0.39 is 0 Å². The van der Waals surface area contributed by atoms with Crippen LogP contribution in [-0.2, 0) is 17.6 Å². The Hall–Kier alpha value is -1.35. The number of benzene rings is 1. The number of hydrogen-bond acceptors (Lipinski definition) is 2. The van der Waals surface area contributed by atoms with Crippen molar-refractivity contribution in [3.05, 3.63) is 35.4 Å². The number of aliphatic hydroxyl groups excluding tert-OH is 1. The second-order valence-corrected chi connectivity index (χ2v) is 4.29. The standard InChI is InChI=1S/C14H21NO2/c1-3-12-4-6-13(7-5-12)8-9-15-14(17)11(2)10-16/h4-7,11,16H,3,8-10H2,1-2H3,(H,15,17)/t11-/m1/s1. The first-order valence-electron chi connectivity index (χ1n) is 6.13. The Labute approximate surface area is 103 Å². The van der Waals surface area contributed by atoms with Crippen molar-refractivity contribution in [2.45, 2.75) is 26.7 Å². The third kappa shape index (κ3) is 4.57. The average molecular weight is 235 g/mol. The van der Waals surface area contributed by atoms with E-state index in [1.807, 2.05) is 0 Å². The number of aliphatic hydroxyl groups is 1. The molecule has 3 nitrogen and oxygen atoms in total. The number of rotatable bonds is 6. The highest BCUT2D eigenvalue weighted by Gasteiger charge is 2.09. The number of carbonyl (C=O) groups excluding carboxylic acids is 1. The molecule has 0 aliphatic heterocycles. The van der Waals surface area contributed by atoms with Crippen molar-refractivity contribution in [2.75, 3.05) is 13.2 Å². The first-order valence-corrected chi connectivity index (χ1v) is 6.13. The predicted molar refractivity (Wildman–Crippen MR) is 68.8 cm³/mol. The van der Waals surface area contributed by atoms with E-state index in [1.54, 1.807) is 6.92 Å². The first kappa shape index (κ1) is 13.7. The van der Waals surface area contributed by atoms with Crippen molar-refractivity contribution in [1.29, 1.82) is 0 Å². The molecule has 1 amide bonds. The van der Waals surface area contributed by atoms with Gasteiger partial charge in [-0.3, -0.25) is 4.79 Å². The summed E-state index contributed by atoms with van der Waals surface area (Å²) in [6.45, 7) is 4.36. The van der Waals surface area contributed by atoms with Crippen LogP contribution in [0.25, 0.3) is 0 Å². The molecule has 17 heavy (non-hydrogen) atoms. The van der Waals surface area contributed by atoms with Crippen molar-refractivity contribution < 1.29 is 9.90 Å². The van der Waals surface area contributed by atoms with Crippen LogP contribution in [0.3, 0.4) is 0 Å². The SMILES string of the molecule is CCc1ccc(CCNC(=O)[C@H](C)CO)cc1. The molecule has 1 atom stereocenters. The van der Waals surface area contributed by atoms with Crippen LogP contribution in [0, 0.1) is 5.92 Å². The van der Waals surface area contributed by atoms with Crippen LogP contribution in [0.5, 0.6) is 0 Å². The molecule has 3 heteroatoms.